The second-order valence-corrected chi connectivity index (χ2v) is 3.69. The number of carboxylic acids is 1. The molecule has 0 aliphatic heterocycles. The predicted molar refractivity (Wildman–Crippen MR) is 54.7 cm³/mol. The molecule has 0 radical (unpaired) electrons. The first-order valence-corrected chi connectivity index (χ1v) is 5.40. The van der Waals surface area contributed by atoms with Crippen molar-refractivity contribution in [2.45, 2.75) is 52.9 Å². The van der Waals surface area contributed by atoms with Crippen molar-refractivity contribution in [3.05, 3.63) is 0 Å². The van der Waals surface area contributed by atoms with E-state index in [1.54, 1.807) is 0 Å². The first kappa shape index (κ1) is 12.5. The molecule has 0 aromatic rings. The highest BCUT2D eigenvalue weighted by Crippen LogP contribution is 2.25. The van der Waals surface area contributed by atoms with E-state index in [1.807, 2.05) is 0 Å². The van der Waals surface area contributed by atoms with E-state index in [9.17, 15) is 4.79 Å². The molecule has 0 rings (SSSR count). The maximum atomic E-state index is 11.0. The van der Waals surface area contributed by atoms with Crippen LogP contribution < -0.4 is 0 Å². The fraction of sp³-hybridized carbons (Fsp3) is 0.909. The second kappa shape index (κ2) is 6.93. The van der Waals surface area contributed by atoms with Crippen LogP contribution in [-0.4, -0.2) is 11.1 Å². The Morgan fingerprint density at radius 1 is 1.15 bits per heavy atom. The van der Waals surface area contributed by atoms with Crippen molar-refractivity contribution < 1.29 is 9.90 Å². The van der Waals surface area contributed by atoms with Gasteiger partial charge in [-0.3, -0.25) is 4.79 Å². The zero-order chi connectivity index (χ0) is 10.3. The van der Waals surface area contributed by atoms with Crippen molar-refractivity contribution in [1.82, 2.24) is 0 Å². The third-order valence-electron chi connectivity index (χ3n) is 2.67. The number of aliphatic carboxylic acids is 1. The fourth-order valence-corrected chi connectivity index (χ4v) is 1.93. The molecule has 0 aromatic carbocycles. The number of carbonyl (C=O) groups is 1. The van der Waals surface area contributed by atoms with Crippen LogP contribution in [0.25, 0.3) is 0 Å². The molecule has 2 unspecified atom stereocenters. The van der Waals surface area contributed by atoms with E-state index >= 15 is 0 Å². The molecule has 1 N–H and O–H groups in total. The van der Waals surface area contributed by atoms with Crippen LogP contribution in [0.3, 0.4) is 0 Å². The van der Waals surface area contributed by atoms with Crippen LogP contribution in [-0.2, 0) is 4.79 Å². The summed E-state index contributed by atoms with van der Waals surface area (Å²) in [4.78, 5) is 11.0. The number of hydrogen-bond donors (Lipinski definition) is 1. The molecule has 0 heterocycles. The minimum atomic E-state index is -0.609. The van der Waals surface area contributed by atoms with Gasteiger partial charge in [0.2, 0.25) is 0 Å². The number of hydrogen-bond acceptors (Lipinski definition) is 1. The Bertz CT molecular complexity index is 143. The Balaban J connectivity index is 4.20. The van der Waals surface area contributed by atoms with Gasteiger partial charge in [-0.15, -0.1) is 0 Å². The van der Waals surface area contributed by atoms with Gasteiger partial charge in [0.15, 0.2) is 0 Å². The van der Waals surface area contributed by atoms with Crippen LogP contribution in [0.4, 0.5) is 0 Å². The zero-order valence-electron chi connectivity index (χ0n) is 9.05. The lowest BCUT2D eigenvalue weighted by Gasteiger charge is -2.21. The van der Waals surface area contributed by atoms with Gasteiger partial charge in [0.05, 0.1) is 5.92 Å². The van der Waals surface area contributed by atoms with Crippen molar-refractivity contribution in [2.75, 3.05) is 0 Å². The van der Waals surface area contributed by atoms with Crippen LogP contribution in [0.15, 0.2) is 0 Å². The van der Waals surface area contributed by atoms with Gasteiger partial charge in [-0.2, -0.15) is 0 Å². The molecule has 0 aliphatic carbocycles. The van der Waals surface area contributed by atoms with E-state index in [1.165, 1.54) is 0 Å². The van der Waals surface area contributed by atoms with Crippen LogP contribution in [0, 0.1) is 11.8 Å². The zero-order valence-corrected chi connectivity index (χ0v) is 9.05. The normalized spacial score (nSPS) is 15.3. The number of rotatable bonds is 7. The van der Waals surface area contributed by atoms with Gasteiger partial charge in [-0.1, -0.05) is 40.0 Å². The minimum absolute atomic E-state index is 0.116. The molecule has 0 spiro atoms. The third kappa shape index (κ3) is 4.30. The Morgan fingerprint density at radius 3 is 2.00 bits per heavy atom. The maximum absolute atomic E-state index is 11.0. The summed E-state index contributed by atoms with van der Waals surface area (Å²) < 4.78 is 0. The van der Waals surface area contributed by atoms with Crippen molar-refractivity contribution >= 4 is 5.97 Å². The Kier molecular flexibility index (Phi) is 6.65. The predicted octanol–water partition coefficient (Wildman–Crippen LogP) is 3.31. The molecule has 0 bridgehead atoms. The Morgan fingerprint density at radius 2 is 1.69 bits per heavy atom. The summed E-state index contributed by atoms with van der Waals surface area (Å²) in [5.74, 6) is -0.348. The van der Waals surface area contributed by atoms with Gasteiger partial charge in [0.25, 0.3) is 0 Å². The summed E-state index contributed by atoms with van der Waals surface area (Å²) in [5.41, 5.74) is 0. The van der Waals surface area contributed by atoms with Crippen LogP contribution in [0.2, 0.25) is 0 Å². The van der Waals surface area contributed by atoms with E-state index in [-0.39, 0.29) is 5.92 Å². The van der Waals surface area contributed by atoms with Crippen LogP contribution in [0.5, 0.6) is 0 Å². The summed E-state index contributed by atoms with van der Waals surface area (Å²) in [6, 6.07) is 0. The molecule has 2 nitrogen and oxygen atoms in total. The summed E-state index contributed by atoms with van der Waals surface area (Å²) in [6.45, 7) is 6.26. The van der Waals surface area contributed by atoms with Crippen molar-refractivity contribution in [3.63, 3.8) is 0 Å². The van der Waals surface area contributed by atoms with Gasteiger partial charge >= 0.3 is 5.97 Å². The molecular weight excluding hydrogens is 164 g/mol. The first-order chi connectivity index (χ1) is 6.17. The number of carboxylic acid groups (broad SMARTS) is 1. The SMILES string of the molecule is CCCC(CC)C(CCC)C(=O)O. The molecule has 13 heavy (non-hydrogen) atoms. The van der Waals surface area contributed by atoms with E-state index in [4.69, 9.17) is 5.11 Å². The summed E-state index contributed by atoms with van der Waals surface area (Å²) in [5, 5.41) is 9.03. The highest BCUT2D eigenvalue weighted by atomic mass is 16.4. The largest absolute Gasteiger partial charge is 0.481 e. The van der Waals surface area contributed by atoms with E-state index < -0.39 is 5.97 Å². The van der Waals surface area contributed by atoms with Crippen molar-refractivity contribution in [3.8, 4) is 0 Å². The average molecular weight is 186 g/mol. The molecule has 2 atom stereocenters. The molecular formula is C11H22O2. The van der Waals surface area contributed by atoms with E-state index in [2.05, 4.69) is 20.8 Å². The highest BCUT2D eigenvalue weighted by molar-refractivity contribution is 5.70. The minimum Gasteiger partial charge on any atom is -0.481 e. The molecule has 0 fully saturated rings. The summed E-state index contributed by atoms with van der Waals surface area (Å²) in [7, 11) is 0. The lowest BCUT2D eigenvalue weighted by molar-refractivity contribution is -0.144. The first-order valence-electron chi connectivity index (χ1n) is 5.40. The van der Waals surface area contributed by atoms with Crippen molar-refractivity contribution in [2.24, 2.45) is 11.8 Å². The fourth-order valence-electron chi connectivity index (χ4n) is 1.93. The topological polar surface area (TPSA) is 37.3 Å². The van der Waals surface area contributed by atoms with Crippen molar-refractivity contribution in [1.29, 1.82) is 0 Å². The molecule has 0 saturated carbocycles. The average Bonchev–Trinajstić information content (AvgIpc) is 2.10. The van der Waals surface area contributed by atoms with Crippen LogP contribution >= 0.6 is 0 Å². The third-order valence-corrected chi connectivity index (χ3v) is 2.67. The van der Waals surface area contributed by atoms with Gasteiger partial charge in [0.1, 0.15) is 0 Å². The smallest absolute Gasteiger partial charge is 0.306 e. The van der Waals surface area contributed by atoms with E-state index in [0.717, 1.165) is 32.1 Å². The standard InChI is InChI=1S/C11H22O2/c1-4-7-9(6-3)10(8-5-2)11(12)13/h9-10H,4-8H2,1-3H3,(H,12,13). The van der Waals surface area contributed by atoms with Crippen LogP contribution in [0.1, 0.15) is 52.9 Å². The van der Waals surface area contributed by atoms with Gasteiger partial charge in [-0.25, -0.2) is 0 Å². The Labute approximate surface area is 81.3 Å². The summed E-state index contributed by atoms with van der Waals surface area (Å²) >= 11 is 0. The lowest BCUT2D eigenvalue weighted by Crippen LogP contribution is -2.23. The molecule has 0 aliphatic rings. The van der Waals surface area contributed by atoms with Gasteiger partial charge < -0.3 is 5.11 Å². The molecule has 0 aromatic heterocycles. The van der Waals surface area contributed by atoms with Gasteiger partial charge in [-0.05, 0) is 18.8 Å². The Hall–Kier alpha value is -0.530. The highest BCUT2D eigenvalue weighted by Gasteiger charge is 2.24. The quantitative estimate of drug-likeness (QED) is 0.662. The molecule has 78 valence electrons. The molecule has 2 heteroatoms. The van der Waals surface area contributed by atoms with Gasteiger partial charge in [0, 0.05) is 0 Å². The molecule has 0 amide bonds. The monoisotopic (exact) mass is 186 g/mol. The molecule has 0 saturated heterocycles. The lowest BCUT2D eigenvalue weighted by atomic mass is 9.84. The van der Waals surface area contributed by atoms with E-state index in [0.29, 0.717) is 5.92 Å². The maximum Gasteiger partial charge on any atom is 0.306 e. The summed E-state index contributed by atoms with van der Waals surface area (Å²) in [6.07, 6.45) is 4.93. The second-order valence-electron chi connectivity index (χ2n) is 3.69.